The van der Waals surface area contributed by atoms with E-state index in [2.05, 4.69) is 10.3 Å². The highest BCUT2D eigenvalue weighted by Gasteiger charge is 2.18. The highest BCUT2D eigenvalue weighted by atomic mass is 35.5. The van der Waals surface area contributed by atoms with Crippen molar-refractivity contribution in [1.29, 1.82) is 0 Å². The highest BCUT2D eigenvalue weighted by Crippen LogP contribution is 2.26. The molecule has 6 heteroatoms. The fourth-order valence-electron chi connectivity index (χ4n) is 2.94. The summed E-state index contributed by atoms with van der Waals surface area (Å²) in [7, 11) is 0. The van der Waals surface area contributed by atoms with Gasteiger partial charge in [-0.05, 0) is 25.3 Å². The van der Waals surface area contributed by atoms with Gasteiger partial charge in [-0.1, -0.05) is 29.8 Å². The zero-order chi connectivity index (χ0) is 16.2. The van der Waals surface area contributed by atoms with Gasteiger partial charge in [-0.2, -0.15) is 0 Å². The number of rotatable bonds is 4. The van der Waals surface area contributed by atoms with Gasteiger partial charge in [0.25, 0.3) is 5.91 Å². The van der Waals surface area contributed by atoms with E-state index in [4.69, 9.17) is 11.6 Å². The molecule has 1 fully saturated rings. The summed E-state index contributed by atoms with van der Waals surface area (Å²) >= 11 is 6.25. The smallest absolute Gasteiger partial charge is 0.269 e. The van der Waals surface area contributed by atoms with E-state index in [9.17, 15) is 9.59 Å². The first-order chi connectivity index (χ1) is 11.2. The molecule has 0 radical (unpaired) electrons. The van der Waals surface area contributed by atoms with E-state index in [-0.39, 0.29) is 11.8 Å². The summed E-state index contributed by atoms with van der Waals surface area (Å²) in [4.78, 5) is 29.2. The quantitative estimate of drug-likeness (QED) is 0.903. The lowest BCUT2D eigenvalue weighted by Crippen LogP contribution is -2.37. The highest BCUT2D eigenvalue weighted by molar-refractivity contribution is 6.38. The maximum atomic E-state index is 12.2. The molecule has 5 nitrogen and oxygen atoms in total. The summed E-state index contributed by atoms with van der Waals surface area (Å²) in [6.07, 6.45) is 3.66. The van der Waals surface area contributed by atoms with Crippen LogP contribution in [0.5, 0.6) is 0 Å². The first kappa shape index (κ1) is 15.9. The minimum Gasteiger partial charge on any atom is -0.350 e. The molecule has 122 valence electrons. The average Bonchev–Trinajstić information content (AvgIpc) is 2.93. The van der Waals surface area contributed by atoms with Gasteiger partial charge in [-0.3, -0.25) is 9.59 Å². The van der Waals surface area contributed by atoms with Crippen molar-refractivity contribution in [3.05, 3.63) is 35.0 Å². The van der Waals surface area contributed by atoms with Crippen molar-refractivity contribution in [3.8, 4) is 0 Å². The van der Waals surface area contributed by atoms with Crippen molar-refractivity contribution in [2.75, 3.05) is 19.6 Å². The molecule has 1 saturated heterocycles. The number of nitrogens with one attached hydrogen (secondary N) is 2. The lowest BCUT2D eigenvalue weighted by atomic mass is 10.1. The Hall–Kier alpha value is -2.01. The number of benzene rings is 1. The van der Waals surface area contributed by atoms with Crippen molar-refractivity contribution in [2.45, 2.75) is 25.7 Å². The lowest BCUT2D eigenvalue weighted by Gasteiger charge is -2.26. The zero-order valence-corrected chi connectivity index (χ0v) is 13.7. The monoisotopic (exact) mass is 333 g/mol. The Bertz CT molecular complexity index is 720. The number of fused-ring (bicyclic) bond motifs is 1. The van der Waals surface area contributed by atoms with Gasteiger partial charge in [0.2, 0.25) is 5.91 Å². The Kier molecular flexibility index (Phi) is 4.86. The molecule has 1 aromatic carbocycles. The molecular formula is C17H20ClN3O2. The van der Waals surface area contributed by atoms with Gasteiger partial charge in [-0.25, -0.2) is 0 Å². The van der Waals surface area contributed by atoms with Gasteiger partial charge < -0.3 is 15.2 Å². The number of aromatic nitrogens is 1. The molecule has 1 aromatic heterocycles. The maximum Gasteiger partial charge on any atom is 0.269 e. The van der Waals surface area contributed by atoms with E-state index in [0.29, 0.717) is 23.7 Å². The number of nitrogens with zero attached hydrogens (tertiary/aromatic N) is 1. The second kappa shape index (κ2) is 7.04. The summed E-state index contributed by atoms with van der Waals surface area (Å²) in [5.41, 5.74) is 1.17. The number of likely N-dealkylation sites (tertiary alicyclic amines) is 1. The van der Waals surface area contributed by atoms with Crippen LogP contribution in [0.4, 0.5) is 0 Å². The second-order valence-electron chi connectivity index (χ2n) is 5.81. The SMILES string of the molecule is O=C(NCCC(=O)N1CCCCC1)c1[nH]c2ccccc2c1Cl. The largest absolute Gasteiger partial charge is 0.350 e. The fraction of sp³-hybridized carbons (Fsp3) is 0.412. The third kappa shape index (κ3) is 3.50. The van der Waals surface area contributed by atoms with E-state index in [1.165, 1.54) is 6.42 Å². The van der Waals surface area contributed by atoms with Gasteiger partial charge in [0.05, 0.1) is 5.02 Å². The normalized spacial score (nSPS) is 14.9. The molecule has 1 aliphatic heterocycles. The van der Waals surface area contributed by atoms with Crippen LogP contribution in [0.25, 0.3) is 10.9 Å². The van der Waals surface area contributed by atoms with E-state index >= 15 is 0 Å². The van der Waals surface area contributed by atoms with Crippen LogP contribution in [-0.4, -0.2) is 41.3 Å². The van der Waals surface area contributed by atoms with Crippen LogP contribution < -0.4 is 5.32 Å². The van der Waals surface area contributed by atoms with Crippen molar-refractivity contribution in [3.63, 3.8) is 0 Å². The standard InChI is InChI=1S/C17H20ClN3O2/c18-15-12-6-2-3-7-13(12)20-16(15)17(23)19-9-8-14(22)21-10-4-1-5-11-21/h2-3,6-7,20H,1,4-5,8-11H2,(H,19,23). The number of piperidine rings is 1. The van der Waals surface area contributed by atoms with Gasteiger partial charge in [-0.15, -0.1) is 0 Å². The Morgan fingerprint density at radius 3 is 2.65 bits per heavy atom. The number of amides is 2. The van der Waals surface area contributed by atoms with Crippen LogP contribution in [0.2, 0.25) is 5.02 Å². The number of carbonyl (C=O) groups excluding carboxylic acids is 2. The molecule has 0 bridgehead atoms. The van der Waals surface area contributed by atoms with Crippen molar-refractivity contribution in [2.24, 2.45) is 0 Å². The second-order valence-corrected chi connectivity index (χ2v) is 6.18. The van der Waals surface area contributed by atoms with E-state index in [0.717, 1.165) is 36.8 Å². The number of carbonyl (C=O) groups is 2. The number of halogens is 1. The van der Waals surface area contributed by atoms with Crippen LogP contribution >= 0.6 is 11.6 Å². The Balaban J connectivity index is 1.56. The van der Waals surface area contributed by atoms with Crippen LogP contribution in [0.3, 0.4) is 0 Å². The molecule has 1 aliphatic rings. The summed E-state index contributed by atoms with van der Waals surface area (Å²) in [5.74, 6) is -0.176. The molecule has 0 unspecified atom stereocenters. The minimum atomic E-state index is -0.280. The molecule has 0 saturated carbocycles. The third-order valence-electron chi connectivity index (χ3n) is 4.20. The van der Waals surface area contributed by atoms with E-state index < -0.39 is 0 Å². The number of hydrogen-bond acceptors (Lipinski definition) is 2. The van der Waals surface area contributed by atoms with Gasteiger partial charge >= 0.3 is 0 Å². The summed E-state index contributed by atoms with van der Waals surface area (Å²) in [6, 6.07) is 7.50. The Morgan fingerprint density at radius 2 is 1.91 bits per heavy atom. The lowest BCUT2D eigenvalue weighted by molar-refractivity contribution is -0.131. The molecule has 2 amide bonds. The predicted octanol–water partition coefficient (Wildman–Crippen LogP) is 2.95. The van der Waals surface area contributed by atoms with Gasteiger partial charge in [0, 0.05) is 37.0 Å². The van der Waals surface area contributed by atoms with Crippen molar-refractivity contribution >= 4 is 34.3 Å². The summed E-state index contributed by atoms with van der Waals surface area (Å²) in [5, 5.41) is 4.01. The van der Waals surface area contributed by atoms with E-state index in [1.54, 1.807) is 0 Å². The molecule has 3 rings (SSSR count). The minimum absolute atomic E-state index is 0.104. The Labute approximate surface area is 140 Å². The van der Waals surface area contributed by atoms with Gasteiger partial charge in [0.1, 0.15) is 5.69 Å². The van der Waals surface area contributed by atoms with Crippen molar-refractivity contribution in [1.82, 2.24) is 15.2 Å². The first-order valence-corrected chi connectivity index (χ1v) is 8.37. The number of aromatic amines is 1. The van der Waals surface area contributed by atoms with Crippen LogP contribution in [0.1, 0.15) is 36.2 Å². The molecule has 2 aromatic rings. The maximum absolute atomic E-state index is 12.2. The number of para-hydroxylation sites is 1. The molecule has 23 heavy (non-hydrogen) atoms. The first-order valence-electron chi connectivity index (χ1n) is 7.99. The van der Waals surface area contributed by atoms with Crippen LogP contribution in [0.15, 0.2) is 24.3 Å². The fourth-order valence-corrected chi connectivity index (χ4v) is 3.23. The molecule has 2 N–H and O–H groups in total. The molecule has 0 atom stereocenters. The predicted molar refractivity (Wildman–Crippen MR) is 90.7 cm³/mol. The van der Waals surface area contributed by atoms with Crippen molar-refractivity contribution < 1.29 is 9.59 Å². The number of H-pyrrole nitrogens is 1. The Morgan fingerprint density at radius 1 is 1.17 bits per heavy atom. The number of hydrogen-bond donors (Lipinski definition) is 2. The summed E-state index contributed by atoms with van der Waals surface area (Å²) in [6.45, 7) is 1.99. The molecular weight excluding hydrogens is 314 g/mol. The zero-order valence-electron chi connectivity index (χ0n) is 12.9. The van der Waals surface area contributed by atoms with Crippen LogP contribution in [-0.2, 0) is 4.79 Å². The molecule has 0 spiro atoms. The van der Waals surface area contributed by atoms with Gasteiger partial charge in [0.15, 0.2) is 0 Å². The third-order valence-corrected chi connectivity index (χ3v) is 4.60. The van der Waals surface area contributed by atoms with Crippen LogP contribution in [0, 0.1) is 0 Å². The molecule has 0 aliphatic carbocycles. The summed E-state index contributed by atoms with van der Waals surface area (Å²) < 4.78 is 0. The molecule has 2 heterocycles. The average molecular weight is 334 g/mol. The topological polar surface area (TPSA) is 65.2 Å². The van der Waals surface area contributed by atoms with E-state index in [1.807, 2.05) is 29.2 Å².